The summed E-state index contributed by atoms with van der Waals surface area (Å²) in [6.45, 7) is 0. The standard InChI is InChI=1S/C13H9N3O7S.C10H6O2.HN3O3S/c14-15-16-24(21,22)23-13-8(6-9(17)11(19)12(13)20)10(18)7-4-2-1-3-5-7;11-9-6-5-7-3-1-2-4-8(7)10(9)12;1-2-3-7(4,5)6/h1-6,17,19-20H;1-6H;(H,4,5,6). The number of benzene rings is 3. The van der Waals surface area contributed by atoms with Crippen LogP contribution in [0, 0.1) is 0 Å². The summed E-state index contributed by atoms with van der Waals surface area (Å²) in [7, 11) is -9.34. The van der Waals surface area contributed by atoms with Crippen LogP contribution in [0.1, 0.15) is 31.8 Å². The highest BCUT2D eigenvalue weighted by Crippen LogP contribution is 2.45. The molecule has 0 aliphatic heterocycles. The van der Waals surface area contributed by atoms with Crippen LogP contribution in [0.3, 0.4) is 0 Å². The number of carbonyl (C=O) groups is 3. The van der Waals surface area contributed by atoms with E-state index in [2.05, 4.69) is 8.70 Å². The van der Waals surface area contributed by atoms with Crippen LogP contribution < -0.4 is 4.18 Å². The number of azide groups is 2. The molecule has 0 amide bonds. The van der Waals surface area contributed by atoms with Crippen molar-refractivity contribution >= 4 is 44.0 Å². The quantitative estimate of drug-likeness (QED) is 0.0576. The van der Waals surface area contributed by atoms with E-state index in [-0.39, 0.29) is 5.56 Å². The molecule has 3 aromatic rings. The Morgan fingerprint density at radius 1 is 0.814 bits per heavy atom. The Bertz CT molecular complexity index is 1930. The molecule has 3 aromatic carbocycles. The lowest BCUT2D eigenvalue weighted by Crippen LogP contribution is -2.15. The zero-order valence-corrected chi connectivity index (χ0v) is 22.6. The molecule has 1 aliphatic rings. The molecule has 4 rings (SSSR count). The summed E-state index contributed by atoms with van der Waals surface area (Å²) in [5.41, 5.74) is 16.4. The lowest BCUT2D eigenvalue weighted by atomic mass is 9.96. The average molecular weight is 633 g/mol. The number of allylic oxidation sites excluding steroid dienone is 1. The third-order valence-electron chi connectivity index (χ3n) is 4.80. The summed E-state index contributed by atoms with van der Waals surface area (Å²) in [6, 6.07) is 15.3. The fourth-order valence-electron chi connectivity index (χ4n) is 3.06. The van der Waals surface area contributed by atoms with Gasteiger partial charge in [0.2, 0.25) is 23.1 Å². The van der Waals surface area contributed by atoms with Gasteiger partial charge in [-0.3, -0.25) is 18.9 Å². The molecule has 0 saturated carbocycles. The van der Waals surface area contributed by atoms with Gasteiger partial charge in [-0.1, -0.05) is 60.7 Å². The molecular formula is C23H16N6O12S2. The number of fused-ring (bicyclic) bond motifs is 1. The van der Waals surface area contributed by atoms with Crippen LogP contribution in [0.2, 0.25) is 0 Å². The Labute approximate surface area is 241 Å². The zero-order valence-electron chi connectivity index (χ0n) is 21.0. The molecule has 0 fully saturated rings. The second kappa shape index (κ2) is 14.1. The molecular weight excluding hydrogens is 616 g/mol. The largest absolute Gasteiger partial charge is 0.504 e. The smallest absolute Gasteiger partial charge is 0.403 e. The summed E-state index contributed by atoms with van der Waals surface area (Å²) >= 11 is 0. The highest BCUT2D eigenvalue weighted by molar-refractivity contribution is 7.85. The maximum Gasteiger partial charge on any atom is 0.403 e. The molecule has 20 heteroatoms. The van der Waals surface area contributed by atoms with E-state index in [1.807, 2.05) is 21.6 Å². The average Bonchev–Trinajstić information content (AvgIpc) is 2.95. The Kier molecular flexibility index (Phi) is 10.9. The summed E-state index contributed by atoms with van der Waals surface area (Å²) in [5.74, 6) is -5.82. The van der Waals surface area contributed by atoms with Gasteiger partial charge in [-0.05, 0) is 28.8 Å². The van der Waals surface area contributed by atoms with Crippen LogP contribution in [0.25, 0.3) is 27.0 Å². The number of hydrogen-bond donors (Lipinski definition) is 4. The van der Waals surface area contributed by atoms with Gasteiger partial charge in [0, 0.05) is 21.0 Å². The summed E-state index contributed by atoms with van der Waals surface area (Å²) in [5, 5.41) is 28.9. The van der Waals surface area contributed by atoms with Gasteiger partial charge in [0.05, 0.1) is 14.6 Å². The number of rotatable bonds is 6. The normalized spacial score (nSPS) is 11.7. The molecule has 0 saturated heterocycles. The Morgan fingerprint density at radius 2 is 1.40 bits per heavy atom. The van der Waals surface area contributed by atoms with Crippen molar-refractivity contribution in [2.75, 3.05) is 0 Å². The van der Waals surface area contributed by atoms with Crippen molar-refractivity contribution in [1.82, 2.24) is 0 Å². The molecule has 0 heterocycles. The number of Topliss-reactive ketones (excluding diaryl/α,β-unsaturated/α-hetero) is 1. The summed E-state index contributed by atoms with van der Waals surface area (Å²) < 4.78 is 57.9. The number of hydrogen-bond acceptors (Lipinski definition) is 11. The molecule has 0 bridgehead atoms. The van der Waals surface area contributed by atoms with Gasteiger partial charge in [0.15, 0.2) is 17.3 Å². The fraction of sp³-hybridized carbons (Fsp3) is 0. The number of phenols is 3. The van der Waals surface area contributed by atoms with Crippen molar-refractivity contribution in [1.29, 1.82) is 0 Å². The zero-order chi connectivity index (χ0) is 32.4. The minimum atomic E-state index is -4.87. The van der Waals surface area contributed by atoms with E-state index in [0.717, 1.165) is 5.56 Å². The fourth-order valence-corrected chi connectivity index (χ4v) is 3.66. The van der Waals surface area contributed by atoms with Crippen molar-refractivity contribution < 1.29 is 55.3 Å². The van der Waals surface area contributed by atoms with Crippen LogP contribution in [0.5, 0.6) is 23.0 Å². The van der Waals surface area contributed by atoms with Crippen molar-refractivity contribution in [3.63, 3.8) is 0 Å². The number of nitrogens with zero attached hydrogens (tertiary/aromatic N) is 6. The number of phenolic OH excluding ortho intramolecular Hbond substituents is 3. The number of carbonyl (C=O) groups excluding carboxylic acids is 3. The predicted octanol–water partition coefficient (Wildman–Crippen LogP) is 3.53. The second-order valence-corrected chi connectivity index (χ2v) is 9.82. The predicted molar refractivity (Wildman–Crippen MR) is 146 cm³/mol. The monoisotopic (exact) mass is 632 g/mol. The van der Waals surface area contributed by atoms with Gasteiger partial charge in [-0.15, -0.1) is 0 Å². The number of aromatic hydroxyl groups is 3. The highest BCUT2D eigenvalue weighted by Gasteiger charge is 2.27. The number of ketones is 3. The molecule has 0 spiro atoms. The molecule has 222 valence electrons. The van der Waals surface area contributed by atoms with Crippen molar-refractivity contribution in [3.8, 4) is 23.0 Å². The van der Waals surface area contributed by atoms with Gasteiger partial charge in [0.1, 0.15) is 0 Å². The minimum absolute atomic E-state index is 0.0908. The molecule has 0 unspecified atom stereocenters. The summed E-state index contributed by atoms with van der Waals surface area (Å²) in [6.07, 6.45) is 2.98. The molecule has 4 N–H and O–H groups in total. The first-order chi connectivity index (χ1) is 20.1. The lowest BCUT2D eigenvalue weighted by molar-refractivity contribution is -0.110. The second-order valence-electron chi connectivity index (χ2n) is 7.58. The van der Waals surface area contributed by atoms with Crippen molar-refractivity contribution in [2.45, 2.75) is 0 Å². The van der Waals surface area contributed by atoms with Gasteiger partial charge < -0.3 is 19.5 Å². The molecule has 0 aromatic heterocycles. The lowest BCUT2D eigenvalue weighted by Gasteiger charge is -2.12. The van der Waals surface area contributed by atoms with Crippen LogP contribution >= 0.6 is 0 Å². The van der Waals surface area contributed by atoms with Crippen LogP contribution in [-0.2, 0) is 25.4 Å². The molecule has 1 aliphatic carbocycles. The Morgan fingerprint density at radius 3 is 1.95 bits per heavy atom. The van der Waals surface area contributed by atoms with Crippen molar-refractivity contribution in [2.24, 2.45) is 9.04 Å². The molecule has 0 radical (unpaired) electrons. The van der Waals surface area contributed by atoms with E-state index in [4.69, 9.17) is 15.6 Å². The van der Waals surface area contributed by atoms with E-state index in [1.165, 1.54) is 30.3 Å². The van der Waals surface area contributed by atoms with Crippen molar-refractivity contribution in [3.05, 3.63) is 110 Å². The van der Waals surface area contributed by atoms with Crippen LogP contribution in [0.15, 0.2) is 75.8 Å². The maximum atomic E-state index is 12.4. The Hall–Kier alpha value is -5.91. The summed E-state index contributed by atoms with van der Waals surface area (Å²) in [4.78, 5) is 38.4. The third kappa shape index (κ3) is 9.32. The van der Waals surface area contributed by atoms with E-state index in [1.54, 1.807) is 29.2 Å². The van der Waals surface area contributed by atoms with Gasteiger partial charge in [-0.25, -0.2) is 0 Å². The topological polar surface area (TPSA) is 307 Å². The molecule has 18 nitrogen and oxygen atoms in total. The van der Waals surface area contributed by atoms with Crippen LogP contribution in [0.4, 0.5) is 0 Å². The minimum Gasteiger partial charge on any atom is -0.504 e. The molecule has 43 heavy (non-hydrogen) atoms. The van der Waals surface area contributed by atoms with Gasteiger partial charge in [-0.2, -0.15) is 16.8 Å². The Balaban J connectivity index is 0.000000279. The van der Waals surface area contributed by atoms with E-state index >= 15 is 0 Å². The van der Waals surface area contributed by atoms with E-state index in [9.17, 15) is 46.5 Å². The van der Waals surface area contributed by atoms with Gasteiger partial charge >= 0.3 is 20.6 Å². The maximum absolute atomic E-state index is 12.4. The molecule has 0 atom stereocenters. The first-order valence-electron chi connectivity index (χ1n) is 10.9. The highest BCUT2D eigenvalue weighted by atomic mass is 32.2. The third-order valence-corrected chi connectivity index (χ3v) is 5.73. The van der Waals surface area contributed by atoms with E-state index in [0.29, 0.717) is 11.6 Å². The first kappa shape index (κ1) is 33.3. The first-order valence-corrected chi connectivity index (χ1v) is 13.7. The van der Waals surface area contributed by atoms with Crippen LogP contribution in [-0.4, -0.2) is 54.1 Å². The van der Waals surface area contributed by atoms with Gasteiger partial charge in [0.25, 0.3) is 0 Å². The SMILES string of the molecule is O=C1C=Cc2ccccc2C1=O.[N-]=[N+]=NS(=O)(=O)O.[N-]=[N+]=NS(=O)(=O)Oc1c(C(=O)c2ccccc2)cc(O)c(O)c1O. The van der Waals surface area contributed by atoms with E-state index < -0.39 is 66.5 Å².